The zero-order valence-corrected chi connectivity index (χ0v) is 21.3. The van der Waals surface area contributed by atoms with Crippen molar-refractivity contribution in [2.45, 2.75) is 88.5 Å². The van der Waals surface area contributed by atoms with Crippen LogP contribution in [0.4, 0.5) is 19.0 Å². The highest BCUT2D eigenvalue weighted by atomic mass is 19.4. The smallest absolute Gasteiger partial charge is 0.417 e. The summed E-state index contributed by atoms with van der Waals surface area (Å²) in [5.74, 6) is 0.169. The fourth-order valence-electron chi connectivity index (χ4n) is 6.61. The number of likely N-dealkylation sites (tertiary alicyclic amines) is 2. The summed E-state index contributed by atoms with van der Waals surface area (Å²) in [6.45, 7) is 3.96. The molecule has 204 valence electrons. The van der Waals surface area contributed by atoms with E-state index in [0.717, 1.165) is 103 Å². The molecular weight excluding hydrogens is 485 g/mol. The zero-order chi connectivity index (χ0) is 26.0. The van der Waals surface area contributed by atoms with Crippen LogP contribution in [0.2, 0.25) is 0 Å². The van der Waals surface area contributed by atoms with Crippen LogP contribution in [0.3, 0.4) is 0 Å². The summed E-state index contributed by atoms with van der Waals surface area (Å²) in [5.41, 5.74) is -0.798. The van der Waals surface area contributed by atoms with Crippen molar-refractivity contribution in [1.29, 1.82) is 0 Å². The molecule has 1 amide bonds. The Morgan fingerprint density at radius 1 is 0.919 bits per heavy atom. The van der Waals surface area contributed by atoms with Crippen LogP contribution in [0, 0.1) is 5.92 Å². The third-order valence-electron chi connectivity index (χ3n) is 8.74. The molecule has 1 aliphatic carbocycles. The Labute approximate surface area is 216 Å². The second-order valence-electron chi connectivity index (χ2n) is 11.0. The second-order valence-corrected chi connectivity index (χ2v) is 11.0. The number of cyclic esters (lactones) is 1. The monoisotopic (exact) mass is 522 g/mol. The minimum atomic E-state index is -4.46. The normalized spacial score (nSPS) is 25.8. The number of carbonyl (C=O) groups is 2. The van der Waals surface area contributed by atoms with E-state index in [1.165, 1.54) is 6.07 Å². The molecule has 3 saturated heterocycles. The molecule has 0 spiro atoms. The first-order valence-corrected chi connectivity index (χ1v) is 13.8. The molecular formula is C27H37F3N4O3. The Bertz CT molecular complexity index is 935. The van der Waals surface area contributed by atoms with Gasteiger partial charge in [-0.3, -0.25) is 19.4 Å². The van der Waals surface area contributed by atoms with Crippen LogP contribution in [0.1, 0.15) is 69.8 Å². The van der Waals surface area contributed by atoms with Gasteiger partial charge in [-0.2, -0.15) is 13.2 Å². The molecule has 1 aromatic heterocycles. The van der Waals surface area contributed by atoms with Gasteiger partial charge >= 0.3 is 12.1 Å². The number of ether oxygens (including phenoxy) is 1. The highest BCUT2D eigenvalue weighted by molar-refractivity contribution is 5.94. The summed E-state index contributed by atoms with van der Waals surface area (Å²) in [6, 6.07) is 2.68. The first kappa shape index (κ1) is 26.4. The van der Waals surface area contributed by atoms with Crippen LogP contribution in [0.5, 0.6) is 0 Å². The molecule has 0 N–H and O–H groups in total. The first-order valence-electron chi connectivity index (χ1n) is 13.8. The van der Waals surface area contributed by atoms with Gasteiger partial charge in [0.25, 0.3) is 0 Å². The Balaban J connectivity index is 1.23. The third-order valence-corrected chi connectivity index (χ3v) is 8.74. The number of halogens is 3. The molecule has 37 heavy (non-hydrogen) atoms. The van der Waals surface area contributed by atoms with E-state index < -0.39 is 11.7 Å². The van der Waals surface area contributed by atoms with Gasteiger partial charge in [-0.05, 0) is 50.7 Å². The van der Waals surface area contributed by atoms with Gasteiger partial charge in [0.05, 0.1) is 12.2 Å². The molecule has 1 atom stereocenters. The fourth-order valence-corrected chi connectivity index (χ4v) is 6.61. The van der Waals surface area contributed by atoms with Crippen molar-refractivity contribution < 1.29 is 27.5 Å². The Morgan fingerprint density at radius 3 is 2.16 bits per heavy atom. The van der Waals surface area contributed by atoms with Crippen LogP contribution < -0.4 is 4.90 Å². The zero-order valence-electron chi connectivity index (χ0n) is 21.3. The minimum absolute atomic E-state index is 0.0159. The number of amides is 1. The maximum absolute atomic E-state index is 13.7. The average Bonchev–Trinajstić information content (AvgIpc) is 3.35. The Kier molecular flexibility index (Phi) is 8.04. The number of piperidine rings is 2. The maximum Gasteiger partial charge on any atom is 0.417 e. The molecule has 1 aromatic rings. The summed E-state index contributed by atoms with van der Waals surface area (Å²) in [7, 11) is 0. The van der Waals surface area contributed by atoms with Gasteiger partial charge in [0.15, 0.2) is 0 Å². The maximum atomic E-state index is 13.7. The Hall–Kier alpha value is -2.20. The second kappa shape index (κ2) is 11.3. The minimum Gasteiger partial charge on any atom is -0.464 e. The lowest BCUT2D eigenvalue weighted by molar-refractivity contribution is -0.143. The number of aromatic nitrogens is 1. The molecule has 5 rings (SSSR count). The fraction of sp³-hybridized carbons (Fsp3) is 0.741. The van der Waals surface area contributed by atoms with Gasteiger partial charge in [0, 0.05) is 56.8 Å². The van der Waals surface area contributed by atoms with E-state index in [2.05, 4.69) is 14.8 Å². The van der Waals surface area contributed by atoms with Gasteiger partial charge in [-0.25, -0.2) is 4.98 Å². The lowest BCUT2D eigenvalue weighted by Gasteiger charge is -2.44. The summed E-state index contributed by atoms with van der Waals surface area (Å²) in [6.07, 6.45) is 5.54. The number of carbonyl (C=O) groups excluding carboxylic acids is 2. The summed E-state index contributed by atoms with van der Waals surface area (Å²) in [5, 5.41) is 0. The van der Waals surface area contributed by atoms with E-state index in [4.69, 9.17) is 4.74 Å². The van der Waals surface area contributed by atoms with Gasteiger partial charge in [0.2, 0.25) is 5.91 Å². The summed E-state index contributed by atoms with van der Waals surface area (Å²) < 4.78 is 44.5. The van der Waals surface area contributed by atoms with Crippen molar-refractivity contribution in [3.63, 3.8) is 0 Å². The van der Waals surface area contributed by atoms with E-state index in [0.29, 0.717) is 18.5 Å². The summed E-state index contributed by atoms with van der Waals surface area (Å²) in [4.78, 5) is 36.2. The molecule has 1 unspecified atom stereocenters. The van der Waals surface area contributed by atoms with E-state index in [1.807, 2.05) is 0 Å². The number of hydrogen-bond donors (Lipinski definition) is 0. The van der Waals surface area contributed by atoms with Crippen LogP contribution >= 0.6 is 0 Å². The van der Waals surface area contributed by atoms with Crippen molar-refractivity contribution in [3.05, 3.63) is 23.9 Å². The first-order chi connectivity index (χ1) is 17.8. The molecule has 3 aliphatic heterocycles. The molecule has 0 bridgehead atoms. The number of hydrogen-bond acceptors (Lipinski definition) is 6. The molecule has 10 heteroatoms. The van der Waals surface area contributed by atoms with Gasteiger partial charge in [-0.1, -0.05) is 19.3 Å². The van der Waals surface area contributed by atoms with E-state index >= 15 is 0 Å². The highest BCUT2D eigenvalue weighted by Crippen LogP contribution is 2.34. The number of alkyl halides is 3. The Morgan fingerprint density at radius 2 is 1.59 bits per heavy atom. The predicted octanol–water partition coefficient (Wildman–Crippen LogP) is 4.26. The number of pyridine rings is 1. The van der Waals surface area contributed by atoms with Crippen molar-refractivity contribution in [2.24, 2.45) is 5.92 Å². The van der Waals surface area contributed by atoms with Crippen molar-refractivity contribution in [2.75, 3.05) is 37.7 Å². The quantitative estimate of drug-likeness (QED) is 0.539. The molecule has 7 nitrogen and oxygen atoms in total. The molecule has 4 aliphatic rings. The van der Waals surface area contributed by atoms with Crippen molar-refractivity contribution in [1.82, 2.24) is 14.8 Å². The number of anilines is 1. The number of rotatable bonds is 5. The summed E-state index contributed by atoms with van der Waals surface area (Å²) >= 11 is 0. The molecule has 0 radical (unpaired) electrons. The van der Waals surface area contributed by atoms with Crippen molar-refractivity contribution in [3.8, 4) is 0 Å². The van der Waals surface area contributed by atoms with Crippen molar-refractivity contribution >= 4 is 17.7 Å². The SMILES string of the molecule is O=C1OCCC1N1CCC(N2CCC(N(C(=O)C3CCCCC3)c3ccc(C(F)(F)F)cn3)CC2)CC1. The topological polar surface area (TPSA) is 66.0 Å². The third kappa shape index (κ3) is 5.95. The van der Waals surface area contributed by atoms with Crippen LogP contribution in [-0.4, -0.2) is 77.6 Å². The van der Waals surface area contributed by atoms with E-state index in [-0.39, 0.29) is 29.9 Å². The standard InChI is InChI=1S/C27H37F3N4O3/c28-27(29,30)20-6-7-24(31-18-20)34(25(35)19-4-2-1-3-5-19)22-10-13-32(14-11-22)21-8-15-33(16-9-21)23-12-17-37-26(23)36/h6-7,18-19,21-23H,1-5,8-17H2. The molecule has 4 heterocycles. The van der Waals surface area contributed by atoms with Gasteiger partial charge in [0.1, 0.15) is 11.9 Å². The van der Waals surface area contributed by atoms with Crippen LogP contribution in [0.25, 0.3) is 0 Å². The molecule has 4 fully saturated rings. The lowest BCUT2D eigenvalue weighted by atomic mass is 9.87. The molecule has 1 saturated carbocycles. The van der Waals surface area contributed by atoms with E-state index in [9.17, 15) is 22.8 Å². The van der Waals surface area contributed by atoms with Crippen LogP contribution in [0.15, 0.2) is 18.3 Å². The van der Waals surface area contributed by atoms with Crippen LogP contribution in [-0.2, 0) is 20.5 Å². The number of esters is 1. The number of nitrogens with zero attached hydrogens (tertiary/aromatic N) is 4. The van der Waals surface area contributed by atoms with Gasteiger partial charge < -0.3 is 9.64 Å². The van der Waals surface area contributed by atoms with Gasteiger partial charge in [-0.15, -0.1) is 0 Å². The molecule has 0 aromatic carbocycles. The lowest BCUT2D eigenvalue weighted by Crippen LogP contribution is -2.54. The highest BCUT2D eigenvalue weighted by Gasteiger charge is 2.39. The largest absolute Gasteiger partial charge is 0.464 e. The van der Waals surface area contributed by atoms with E-state index in [1.54, 1.807) is 4.90 Å². The predicted molar refractivity (Wildman–Crippen MR) is 132 cm³/mol. The average molecular weight is 523 g/mol.